The molecule has 16 heavy (non-hydrogen) atoms. The van der Waals surface area contributed by atoms with Gasteiger partial charge < -0.3 is 9.47 Å². The second-order valence-electron chi connectivity index (χ2n) is 2.66. The van der Waals surface area contributed by atoms with Crippen LogP contribution in [0.15, 0.2) is 37.4 Å². The molecule has 0 saturated heterocycles. The molecule has 4 nitrogen and oxygen atoms in total. The van der Waals surface area contributed by atoms with Crippen molar-refractivity contribution >= 4 is 11.9 Å². The smallest absolute Gasteiger partial charge is 0.308 e. The molecule has 0 atom stereocenters. The van der Waals surface area contributed by atoms with Gasteiger partial charge in [-0.15, -0.1) is 13.2 Å². The van der Waals surface area contributed by atoms with Crippen LogP contribution in [0.25, 0.3) is 0 Å². The number of hydrogen-bond acceptors (Lipinski definition) is 4. The van der Waals surface area contributed by atoms with Gasteiger partial charge in [0.05, 0.1) is 0 Å². The number of carbonyl (C=O) groups is 2. The molecule has 0 bridgehead atoms. The molecule has 0 aliphatic heterocycles. The minimum atomic E-state index is -0.412. The van der Waals surface area contributed by atoms with E-state index in [0.29, 0.717) is 11.5 Å². The molecule has 4 heteroatoms. The number of benzene rings is 1. The Hall–Kier alpha value is -2.10. The van der Waals surface area contributed by atoms with E-state index >= 15 is 0 Å². The van der Waals surface area contributed by atoms with Gasteiger partial charge in [0.1, 0.15) is 11.5 Å². The summed E-state index contributed by atoms with van der Waals surface area (Å²) in [6.45, 7) is 8.61. The Kier molecular flexibility index (Phi) is 6.28. The first-order chi connectivity index (χ1) is 7.58. The highest BCUT2D eigenvalue weighted by Gasteiger charge is 2.01. The molecule has 0 aliphatic rings. The zero-order chi connectivity index (χ0) is 12.6. The van der Waals surface area contributed by atoms with Crippen molar-refractivity contribution in [2.45, 2.75) is 13.8 Å². The third-order valence-corrected chi connectivity index (χ3v) is 1.33. The topological polar surface area (TPSA) is 52.6 Å². The molecule has 0 amide bonds. The minimum absolute atomic E-state index is 0.358. The minimum Gasteiger partial charge on any atom is -0.427 e. The molecule has 1 aromatic rings. The molecule has 0 radical (unpaired) electrons. The van der Waals surface area contributed by atoms with Gasteiger partial charge >= 0.3 is 11.9 Å². The van der Waals surface area contributed by atoms with Crippen LogP contribution in [0.2, 0.25) is 0 Å². The van der Waals surface area contributed by atoms with E-state index in [1.165, 1.54) is 19.9 Å². The van der Waals surface area contributed by atoms with Gasteiger partial charge in [0.15, 0.2) is 0 Å². The Bertz CT molecular complexity index is 340. The molecule has 0 fully saturated rings. The zero-order valence-electron chi connectivity index (χ0n) is 9.36. The molecule has 1 aromatic carbocycles. The molecule has 1 rings (SSSR count). The highest BCUT2D eigenvalue weighted by molar-refractivity contribution is 5.71. The van der Waals surface area contributed by atoms with E-state index in [-0.39, 0.29) is 0 Å². The van der Waals surface area contributed by atoms with Crippen molar-refractivity contribution in [2.24, 2.45) is 0 Å². The fraction of sp³-hybridized carbons (Fsp3) is 0.167. The summed E-state index contributed by atoms with van der Waals surface area (Å²) in [5.41, 5.74) is 0. The molecule has 0 spiro atoms. The molecule has 0 N–H and O–H groups in total. The van der Waals surface area contributed by atoms with E-state index in [2.05, 4.69) is 13.2 Å². The molecule has 0 heterocycles. The summed E-state index contributed by atoms with van der Waals surface area (Å²) in [4.78, 5) is 21.2. The van der Waals surface area contributed by atoms with Crippen molar-refractivity contribution in [3.05, 3.63) is 37.4 Å². The van der Waals surface area contributed by atoms with Crippen molar-refractivity contribution in [3.63, 3.8) is 0 Å². The van der Waals surface area contributed by atoms with Crippen molar-refractivity contribution in [2.75, 3.05) is 0 Å². The van der Waals surface area contributed by atoms with Crippen LogP contribution >= 0.6 is 0 Å². The Morgan fingerprint density at radius 2 is 1.38 bits per heavy atom. The van der Waals surface area contributed by atoms with Gasteiger partial charge in [-0.1, -0.05) is 6.07 Å². The van der Waals surface area contributed by atoms with Crippen molar-refractivity contribution in [1.82, 2.24) is 0 Å². The van der Waals surface area contributed by atoms with Crippen LogP contribution in [0.5, 0.6) is 11.5 Å². The molecule has 0 aliphatic carbocycles. The van der Waals surface area contributed by atoms with Crippen LogP contribution in [-0.4, -0.2) is 11.9 Å². The van der Waals surface area contributed by atoms with Gasteiger partial charge in [-0.05, 0) is 12.1 Å². The highest BCUT2D eigenvalue weighted by Crippen LogP contribution is 2.19. The normalized spacial score (nSPS) is 8.38. The second kappa shape index (κ2) is 7.23. The summed E-state index contributed by atoms with van der Waals surface area (Å²) in [6.07, 6.45) is 0. The van der Waals surface area contributed by atoms with E-state index in [4.69, 9.17) is 9.47 Å². The average Bonchev–Trinajstić information content (AvgIpc) is 2.19. The molecule has 0 unspecified atom stereocenters. The number of rotatable bonds is 2. The Morgan fingerprint density at radius 1 is 1.00 bits per heavy atom. The first kappa shape index (κ1) is 13.9. The number of esters is 2. The number of ether oxygens (including phenoxy) is 2. The lowest BCUT2D eigenvalue weighted by molar-refractivity contribution is -0.132. The van der Waals surface area contributed by atoms with Gasteiger partial charge in [0, 0.05) is 19.9 Å². The predicted octanol–water partition coefficient (Wildman–Crippen LogP) is 2.34. The Balaban J connectivity index is 0.00000106. The summed E-state index contributed by atoms with van der Waals surface area (Å²) in [6, 6.07) is 6.32. The van der Waals surface area contributed by atoms with Crippen molar-refractivity contribution in [1.29, 1.82) is 0 Å². The summed E-state index contributed by atoms with van der Waals surface area (Å²) in [5.74, 6) is -0.109. The predicted molar refractivity (Wildman–Crippen MR) is 60.3 cm³/mol. The standard InChI is InChI=1S/C10H10O4.C2H4/c1-7(11)13-9-4-3-5-10(6-9)14-8(2)12;1-2/h3-6H,1-2H3;1-2H2. The molecule has 86 valence electrons. The molecular weight excluding hydrogens is 208 g/mol. The lowest BCUT2D eigenvalue weighted by Gasteiger charge is -2.03. The van der Waals surface area contributed by atoms with Crippen molar-refractivity contribution in [3.8, 4) is 11.5 Å². The first-order valence-electron chi connectivity index (χ1n) is 4.55. The van der Waals surface area contributed by atoms with Crippen LogP contribution in [0.1, 0.15) is 13.8 Å². The summed E-state index contributed by atoms with van der Waals surface area (Å²) in [7, 11) is 0. The molecular formula is C12H14O4. The molecule has 0 aromatic heterocycles. The van der Waals surface area contributed by atoms with Crippen LogP contribution < -0.4 is 9.47 Å². The van der Waals surface area contributed by atoms with E-state index in [1.54, 1.807) is 18.2 Å². The van der Waals surface area contributed by atoms with E-state index in [1.807, 2.05) is 0 Å². The third-order valence-electron chi connectivity index (χ3n) is 1.33. The van der Waals surface area contributed by atoms with Crippen LogP contribution in [0.4, 0.5) is 0 Å². The molecule has 0 saturated carbocycles. The number of hydrogen-bond donors (Lipinski definition) is 0. The summed E-state index contributed by atoms with van der Waals surface area (Å²) < 4.78 is 9.61. The summed E-state index contributed by atoms with van der Waals surface area (Å²) in [5, 5.41) is 0. The largest absolute Gasteiger partial charge is 0.427 e. The van der Waals surface area contributed by atoms with Gasteiger partial charge in [0.2, 0.25) is 0 Å². The van der Waals surface area contributed by atoms with E-state index < -0.39 is 11.9 Å². The summed E-state index contributed by atoms with van der Waals surface area (Å²) >= 11 is 0. The maximum absolute atomic E-state index is 10.6. The second-order valence-corrected chi connectivity index (χ2v) is 2.66. The quantitative estimate of drug-likeness (QED) is 0.438. The third kappa shape index (κ3) is 5.59. The number of carbonyl (C=O) groups excluding carboxylic acids is 2. The highest BCUT2D eigenvalue weighted by atomic mass is 16.5. The van der Waals surface area contributed by atoms with Gasteiger partial charge in [-0.3, -0.25) is 9.59 Å². The van der Waals surface area contributed by atoms with E-state index in [9.17, 15) is 9.59 Å². The van der Waals surface area contributed by atoms with Gasteiger partial charge in [-0.2, -0.15) is 0 Å². The Morgan fingerprint density at radius 3 is 1.69 bits per heavy atom. The maximum Gasteiger partial charge on any atom is 0.308 e. The fourth-order valence-corrected chi connectivity index (χ4v) is 0.933. The fourth-order valence-electron chi connectivity index (χ4n) is 0.933. The van der Waals surface area contributed by atoms with Gasteiger partial charge in [-0.25, -0.2) is 0 Å². The van der Waals surface area contributed by atoms with Crippen molar-refractivity contribution < 1.29 is 19.1 Å². The lowest BCUT2D eigenvalue weighted by Crippen LogP contribution is -2.03. The SMILES string of the molecule is C=C.CC(=O)Oc1cccc(OC(C)=O)c1. The van der Waals surface area contributed by atoms with Crippen LogP contribution in [0, 0.1) is 0 Å². The van der Waals surface area contributed by atoms with Crippen LogP contribution in [0.3, 0.4) is 0 Å². The van der Waals surface area contributed by atoms with Gasteiger partial charge in [0.25, 0.3) is 0 Å². The maximum atomic E-state index is 10.6. The van der Waals surface area contributed by atoms with E-state index in [0.717, 1.165) is 0 Å². The monoisotopic (exact) mass is 222 g/mol. The Labute approximate surface area is 94.5 Å². The average molecular weight is 222 g/mol. The lowest BCUT2D eigenvalue weighted by atomic mass is 10.3. The van der Waals surface area contributed by atoms with Crippen LogP contribution in [-0.2, 0) is 9.59 Å². The zero-order valence-corrected chi connectivity index (χ0v) is 9.36. The first-order valence-corrected chi connectivity index (χ1v) is 4.55.